The highest BCUT2D eigenvalue weighted by Gasteiger charge is 2.68. The average Bonchev–Trinajstić information content (AvgIpc) is 2.89. The van der Waals surface area contributed by atoms with Crippen molar-refractivity contribution in [1.82, 2.24) is 0 Å². The Hall–Kier alpha value is -0.835. The molecule has 130 valence electrons. The fourth-order valence-electron chi connectivity index (χ4n) is 5.42. The molecule has 4 heteroatoms. The van der Waals surface area contributed by atoms with Crippen molar-refractivity contribution >= 4 is 7.12 Å². The molecular weight excluding hydrogens is 297 g/mol. The zero-order chi connectivity index (χ0) is 17.1. The van der Waals surface area contributed by atoms with Gasteiger partial charge in [-0.1, -0.05) is 43.7 Å². The summed E-state index contributed by atoms with van der Waals surface area (Å²) in [6.07, 6.45) is 4.51. The molecule has 3 saturated carbocycles. The van der Waals surface area contributed by atoms with Crippen LogP contribution in [0.4, 0.5) is 0 Å². The van der Waals surface area contributed by atoms with Gasteiger partial charge in [-0.05, 0) is 62.3 Å². The molecule has 0 spiro atoms. The summed E-state index contributed by atoms with van der Waals surface area (Å²) in [4.78, 5) is 0. The Balaban J connectivity index is 1.40. The Kier molecular flexibility index (Phi) is 3.87. The van der Waals surface area contributed by atoms with Gasteiger partial charge in [0.05, 0.1) is 11.7 Å². The first-order valence-corrected chi connectivity index (χ1v) is 9.45. The molecule has 3 aliphatic carbocycles. The summed E-state index contributed by atoms with van der Waals surface area (Å²) in [7, 11) is -0.250. The largest absolute Gasteiger partial charge is 0.475 e. The molecule has 1 aromatic carbocycles. The van der Waals surface area contributed by atoms with Crippen molar-refractivity contribution in [2.75, 3.05) is 0 Å². The van der Waals surface area contributed by atoms with E-state index in [1.165, 1.54) is 17.5 Å². The topological polar surface area (TPSA) is 44.5 Å². The number of aryl methyl sites for hydroxylation is 2. The van der Waals surface area contributed by atoms with Crippen LogP contribution in [0.5, 0.6) is 0 Å². The van der Waals surface area contributed by atoms with E-state index in [1.807, 2.05) is 0 Å². The smallest absolute Gasteiger partial charge is 0.404 e. The second-order valence-corrected chi connectivity index (χ2v) is 9.03. The molecule has 5 atom stereocenters. The second kappa shape index (κ2) is 5.58. The molecular formula is C20H30BNO2. The van der Waals surface area contributed by atoms with Gasteiger partial charge in [0.15, 0.2) is 0 Å². The van der Waals surface area contributed by atoms with Crippen molar-refractivity contribution in [3.63, 3.8) is 0 Å². The first-order chi connectivity index (χ1) is 11.3. The van der Waals surface area contributed by atoms with Crippen LogP contribution in [0.2, 0.25) is 0 Å². The predicted octanol–water partition coefficient (Wildman–Crippen LogP) is 3.52. The SMILES string of the molecule is Cc1cccc(CC[C@H](N)B2O[C@@H]3C[C@@H]4C[C@@H](C4(C)C)[C@]3(C)O2)c1. The van der Waals surface area contributed by atoms with E-state index in [1.54, 1.807) is 0 Å². The molecule has 3 nitrogen and oxygen atoms in total. The third-order valence-electron chi connectivity index (χ3n) is 7.17. The van der Waals surface area contributed by atoms with Crippen LogP contribution in [-0.2, 0) is 15.7 Å². The Morgan fingerprint density at radius 3 is 2.79 bits per heavy atom. The van der Waals surface area contributed by atoms with E-state index in [9.17, 15) is 0 Å². The number of rotatable bonds is 4. The summed E-state index contributed by atoms with van der Waals surface area (Å²) in [5.74, 6) is 1.32. The third-order valence-corrected chi connectivity index (χ3v) is 7.17. The first-order valence-electron chi connectivity index (χ1n) is 9.45. The van der Waals surface area contributed by atoms with Crippen molar-refractivity contribution in [1.29, 1.82) is 0 Å². The molecule has 4 fully saturated rings. The Morgan fingerprint density at radius 2 is 2.08 bits per heavy atom. The average molecular weight is 327 g/mol. The van der Waals surface area contributed by atoms with Crippen LogP contribution in [-0.4, -0.2) is 24.8 Å². The first kappa shape index (κ1) is 16.6. The van der Waals surface area contributed by atoms with Crippen LogP contribution in [0, 0.1) is 24.2 Å². The number of hydrogen-bond donors (Lipinski definition) is 1. The van der Waals surface area contributed by atoms with Gasteiger partial charge in [-0.15, -0.1) is 0 Å². The number of nitrogens with two attached hydrogens (primary N) is 1. The van der Waals surface area contributed by atoms with Gasteiger partial charge in [-0.3, -0.25) is 0 Å². The monoisotopic (exact) mass is 327 g/mol. The van der Waals surface area contributed by atoms with E-state index in [-0.39, 0.29) is 24.8 Å². The Bertz CT molecular complexity index is 634. The molecule has 2 bridgehead atoms. The van der Waals surface area contributed by atoms with E-state index in [2.05, 4.69) is 52.0 Å². The molecule has 0 amide bonds. The normalized spacial score (nSPS) is 37.7. The lowest BCUT2D eigenvalue weighted by atomic mass is 9.43. The third kappa shape index (κ3) is 2.46. The summed E-state index contributed by atoms with van der Waals surface area (Å²) in [6.45, 7) is 9.17. The van der Waals surface area contributed by atoms with E-state index >= 15 is 0 Å². The van der Waals surface area contributed by atoms with E-state index < -0.39 is 0 Å². The minimum absolute atomic E-state index is 0.0618. The minimum Gasteiger partial charge on any atom is -0.404 e. The van der Waals surface area contributed by atoms with Crippen LogP contribution in [0.25, 0.3) is 0 Å². The molecule has 1 heterocycles. The highest BCUT2D eigenvalue weighted by Crippen LogP contribution is 2.65. The molecule has 2 N–H and O–H groups in total. The van der Waals surface area contributed by atoms with E-state index in [4.69, 9.17) is 15.0 Å². The molecule has 1 saturated heterocycles. The fourth-order valence-corrected chi connectivity index (χ4v) is 5.42. The van der Waals surface area contributed by atoms with E-state index in [0.29, 0.717) is 11.3 Å². The van der Waals surface area contributed by atoms with Crippen LogP contribution in [0.15, 0.2) is 24.3 Å². The van der Waals surface area contributed by atoms with Crippen molar-refractivity contribution in [3.8, 4) is 0 Å². The van der Waals surface area contributed by atoms with Crippen LogP contribution in [0.1, 0.15) is 51.2 Å². The molecule has 0 unspecified atom stereocenters. The lowest BCUT2D eigenvalue weighted by molar-refractivity contribution is -0.199. The van der Waals surface area contributed by atoms with Crippen molar-refractivity contribution < 1.29 is 9.31 Å². The van der Waals surface area contributed by atoms with Crippen molar-refractivity contribution in [3.05, 3.63) is 35.4 Å². The van der Waals surface area contributed by atoms with Crippen molar-refractivity contribution in [2.24, 2.45) is 23.0 Å². The van der Waals surface area contributed by atoms with Gasteiger partial charge in [0.1, 0.15) is 0 Å². The van der Waals surface area contributed by atoms with Gasteiger partial charge >= 0.3 is 7.12 Å². The Morgan fingerprint density at radius 1 is 1.29 bits per heavy atom. The molecule has 24 heavy (non-hydrogen) atoms. The lowest BCUT2D eigenvalue weighted by Crippen LogP contribution is -2.65. The summed E-state index contributed by atoms with van der Waals surface area (Å²) in [6, 6.07) is 8.66. The van der Waals surface area contributed by atoms with Crippen LogP contribution < -0.4 is 5.73 Å². The van der Waals surface area contributed by atoms with Gasteiger partial charge in [-0.25, -0.2) is 0 Å². The maximum atomic E-state index is 6.47. The highest BCUT2D eigenvalue weighted by atomic mass is 16.7. The standard InChI is InChI=1S/C20H30BNO2/c1-13-6-5-7-14(10-13)8-9-18(22)21-23-17-12-15-11-16(19(15,2)3)20(17,4)24-21/h5-7,10,15-18H,8-9,11-12,22H2,1-4H3/t15-,16-,17+,18-,20-/m0/s1. The molecule has 1 aromatic rings. The predicted molar refractivity (Wildman–Crippen MR) is 97.6 cm³/mol. The van der Waals surface area contributed by atoms with Crippen LogP contribution in [0.3, 0.4) is 0 Å². The minimum atomic E-state index is -0.250. The summed E-state index contributed by atoms with van der Waals surface area (Å²) >= 11 is 0. The molecule has 0 radical (unpaired) electrons. The molecule has 4 aliphatic rings. The van der Waals surface area contributed by atoms with E-state index in [0.717, 1.165) is 25.2 Å². The van der Waals surface area contributed by atoms with Crippen molar-refractivity contribution in [2.45, 2.75) is 71.0 Å². The van der Waals surface area contributed by atoms with Crippen LogP contribution >= 0.6 is 0 Å². The quantitative estimate of drug-likeness (QED) is 0.861. The second-order valence-electron chi connectivity index (χ2n) is 9.03. The zero-order valence-electron chi connectivity index (χ0n) is 15.4. The van der Waals surface area contributed by atoms with Gasteiger partial charge < -0.3 is 15.0 Å². The lowest BCUT2D eigenvalue weighted by Gasteiger charge is -2.64. The van der Waals surface area contributed by atoms with Gasteiger partial charge in [0.2, 0.25) is 0 Å². The zero-order valence-corrected chi connectivity index (χ0v) is 15.4. The highest BCUT2D eigenvalue weighted by molar-refractivity contribution is 6.47. The maximum Gasteiger partial charge on any atom is 0.475 e. The molecule has 1 aliphatic heterocycles. The molecule has 0 aromatic heterocycles. The number of benzene rings is 1. The summed E-state index contributed by atoms with van der Waals surface area (Å²) < 4.78 is 12.8. The maximum absolute atomic E-state index is 6.47. The summed E-state index contributed by atoms with van der Waals surface area (Å²) in [5, 5.41) is 0. The fraction of sp³-hybridized carbons (Fsp3) is 0.700. The Labute approximate surface area is 146 Å². The number of hydrogen-bond acceptors (Lipinski definition) is 3. The molecule has 5 rings (SSSR count). The van der Waals surface area contributed by atoms with Gasteiger partial charge in [0.25, 0.3) is 0 Å². The van der Waals surface area contributed by atoms with Gasteiger partial charge in [-0.2, -0.15) is 0 Å². The summed E-state index contributed by atoms with van der Waals surface area (Å²) in [5.41, 5.74) is 9.33. The van der Waals surface area contributed by atoms with Gasteiger partial charge in [0, 0.05) is 5.94 Å².